The maximum Gasteiger partial charge on any atom is 0.416 e. The molecule has 0 atom stereocenters. The molecule has 0 aliphatic heterocycles. The summed E-state index contributed by atoms with van der Waals surface area (Å²) >= 11 is 0. The normalized spacial score (nSPS) is 16.0. The fourth-order valence-electron chi connectivity index (χ4n) is 1.31. The highest BCUT2D eigenvalue weighted by Gasteiger charge is 2.32. The van der Waals surface area contributed by atoms with Crippen LogP contribution in [0.2, 0.25) is 0 Å². The summed E-state index contributed by atoms with van der Waals surface area (Å²) in [6.07, 6.45) is -2.33. The minimum absolute atomic E-state index is 0.127. The van der Waals surface area contributed by atoms with Gasteiger partial charge in [0, 0.05) is 0 Å². The Bertz CT molecular complexity index is 383. The van der Waals surface area contributed by atoms with Gasteiger partial charge < -0.3 is 9.47 Å². The number of hydrogen-bond donors (Lipinski definition) is 0. The van der Waals surface area contributed by atoms with Crippen molar-refractivity contribution < 1.29 is 22.6 Å². The van der Waals surface area contributed by atoms with Crippen molar-refractivity contribution >= 4 is 0 Å². The molecule has 2 rings (SSSR count). The molecule has 0 unspecified atom stereocenters. The maximum absolute atomic E-state index is 12.4. The first-order valence-corrected chi connectivity index (χ1v) is 4.92. The standard InChI is InChI=1S/C11H11F3O2/c1-15-10-6-7(11(12,13)14)2-5-9(10)16-8-3-4-8/h2,5-6,8H,3-4H2,1H3. The van der Waals surface area contributed by atoms with Gasteiger partial charge in [-0.3, -0.25) is 0 Å². The molecule has 1 saturated carbocycles. The zero-order valence-electron chi connectivity index (χ0n) is 8.67. The summed E-state index contributed by atoms with van der Waals surface area (Å²) in [5, 5.41) is 0. The van der Waals surface area contributed by atoms with Crippen LogP contribution in [0, 0.1) is 0 Å². The predicted molar refractivity (Wildman–Crippen MR) is 51.6 cm³/mol. The van der Waals surface area contributed by atoms with Gasteiger partial charge >= 0.3 is 6.18 Å². The van der Waals surface area contributed by atoms with Crippen molar-refractivity contribution in [3.05, 3.63) is 23.8 Å². The number of rotatable bonds is 3. The van der Waals surface area contributed by atoms with Gasteiger partial charge in [0.2, 0.25) is 0 Å². The first-order chi connectivity index (χ1) is 7.50. The maximum atomic E-state index is 12.4. The van der Waals surface area contributed by atoms with E-state index >= 15 is 0 Å². The third-order valence-corrected chi connectivity index (χ3v) is 2.31. The molecular formula is C11H11F3O2. The van der Waals surface area contributed by atoms with E-state index in [9.17, 15) is 13.2 Å². The van der Waals surface area contributed by atoms with E-state index in [1.54, 1.807) is 0 Å². The average molecular weight is 232 g/mol. The Morgan fingerprint density at radius 3 is 2.38 bits per heavy atom. The fraction of sp³-hybridized carbons (Fsp3) is 0.455. The van der Waals surface area contributed by atoms with Crippen LogP contribution in [0.4, 0.5) is 13.2 Å². The second kappa shape index (κ2) is 3.88. The summed E-state index contributed by atoms with van der Waals surface area (Å²) in [5.41, 5.74) is -0.729. The molecule has 2 nitrogen and oxygen atoms in total. The van der Waals surface area contributed by atoms with E-state index < -0.39 is 11.7 Å². The monoisotopic (exact) mass is 232 g/mol. The molecule has 1 fully saturated rings. The Morgan fingerprint density at radius 2 is 1.88 bits per heavy atom. The lowest BCUT2D eigenvalue weighted by Gasteiger charge is -2.13. The van der Waals surface area contributed by atoms with Gasteiger partial charge in [0.15, 0.2) is 11.5 Å². The molecule has 0 radical (unpaired) electrons. The molecule has 0 aromatic heterocycles. The van der Waals surface area contributed by atoms with Crippen molar-refractivity contribution in [1.82, 2.24) is 0 Å². The lowest BCUT2D eigenvalue weighted by Crippen LogP contribution is -2.06. The Hall–Kier alpha value is -1.39. The van der Waals surface area contributed by atoms with Gasteiger partial charge in [-0.15, -0.1) is 0 Å². The summed E-state index contributed by atoms with van der Waals surface area (Å²) < 4.78 is 47.6. The third kappa shape index (κ3) is 2.40. The summed E-state index contributed by atoms with van der Waals surface area (Å²) in [6, 6.07) is 3.26. The fourth-order valence-corrected chi connectivity index (χ4v) is 1.31. The summed E-state index contributed by atoms with van der Waals surface area (Å²) in [4.78, 5) is 0. The number of methoxy groups -OCH3 is 1. The topological polar surface area (TPSA) is 18.5 Å². The van der Waals surface area contributed by atoms with Gasteiger partial charge in [-0.1, -0.05) is 0 Å². The Balaban J connectivity index is 2.26. The molecule has 1 aliphatic rings. The van der Waals surface area contributed by atoms with Crippen molar-refractivity contribution in [1.29, 1.82) is 0 Å². The summed E-state index contributed by atoms with van der Waals surface area (Å²) in [7, 11) is 1.33. The molecule has 1 aliphatic carbocycles. The van der Waals surface area contributed by atoms with Gasteiger partial charge in [-0.05, 0) is 31.0 Å². The molecular weight excluding hydrogens is 221 g/mol. The van der Waals surface area contributed by atoms with Crippen LogP contribution in [0.25, 0.3) is 0 Å². The van der Waals surface area contributed by atoms with Gasteiger partial charge in [0.25, 0.3) is 0 Å². The van der Waals surface area contributed by atoms with Crippen molar-refractivity contribution in [2.45, 2.75) is 25.1 Å². The number of benzene rings is 1. The van der Waals surface area contributed by atoms with E-state index in [2.05, 4.69) is 0 Å². The second-order valence-corrected chi connectivity index (χ2v) is 3.68. The van der Waals surface area contributed by atoms with E-state index in [1.807, 2.05) is 0 Å². The van der Waals surface area contributed by atoms with Crippen LogP contribution in [-0.2, 0) is 6.18 Å². The zero-order valence-corrected chi connectivity index (χ0v) is 8.67. The molecule has 0 heterocycles. The quantitative estimate of drug-likeness (QED) is 0.796. The van der Waals surface area contributed by atoms with Gasteiger partial charge in [0.05, 0.1) is 18.8 Å². The van der Waals surface area contributed by atoms with Crippen molar-refractivity contribution in [2.24, 2.45) is 0 Å². The Labute approximate surface area is 91.0 Å². The highest BCUT2D eigenvalue weighted by atomic mass is 19.4. The van der Waals surface area contributed by atoms with Crippen LogP contribution in [-0.4, -0.2) is 13.2 Å². The largest absolute Gasteiger partial charge is 0.493 e. The molecule has 1 aromatic rings. The van der Waals surface area contributed by atoms with Gasteiger partial charge in [-0.25, -0.2) is 0 Å². The highest BCUT2D eigenvalue weighted by Crippen LogP contribution is 2.38. The van der Waals surface area contributed by atoms with E-state index in [-0.39, 0.29) is 11.9 Å². The van der Waals surface area contributed by atoms with Crippen molar-refractivity contribution in [3.8, 4) is 11.5 Å². The van der Waals surface area contributed by atoms with Crippen molar-refractivity contribution in [2.75, 3.05) is 7.11 Å². The van der Waals surface area contributed by atoms with Crippen LogP contribution >= 0.6 is 0 Å². The number of alkyl halides is 3. The van der Waals surface area contributed by atoms with Crippen LogP contribution in [0.5, 0.6) is 11.5 Å². The first kappa shape index (κ1) is 11.1. The lowest BCUT2D eigenvalue weighted by atomic mass is 10.2. The first-order valence-electron chi connectivity index (χ1n) is 4.92. The zero-order chi connectivity index (χ0) is 11.8. The molecule has 16 heavy (non-hydrogen) atoms. The predicted octanol–water partition coefficient (Wildman–Crippen LogP) is 3.26. The van der Waals surface area contributed by atoms with Crippen LogP contribution in [0.15, 0.2) is 18.2 Å². The summed E-state index contributed by atoms with van der Waals surface area (Å²) in [6.45, 7) is 0. The number of hydrogen-bond acceptors (Lipinski definition) is 2. The average Bonchev–Trinajstić information content (AvgIpc) is 3.00. The Kier molecular flexibility index (Phi) is 2.69. The van der Waals surface area contributed by atoms with Gasteiger partial charge in [-0.2, -0.15) is 13.2 Å². The third-order valence-electron chi connectivity index (χ3n) is 2.31. The molecule has 0 bridgehead atoms. The number of halogens is 3. The molecule has 5 heteroatoms. The van der Waals surface area contributed by atoms with E-state index in [1.165, 1.54) is 13.2 Å². The van der Waals surface area contributed by atoms with E-state index in [0.29, 0.717) is 5.75 Å². The van der Waals surface area contributed by atoms with Gasteiger partial charge in [0.1, 0.15) is 0 Å². The van der Waals surface area contributed by atoms with E-state index in [0.717, 1.165) is 25.0 Å². The van der Waals surface area contributed by atoms with E-state index in [4.69, 9.17) is 9.47 Å². The molecule has 0 amide bonds. The summed E-state index contributed by atoms with van der Waals surface area (Å²) in [5.74, 6) is 0.500. The smallest absolute Gasteiger partial charge is 0.416 e. The van der Waals surface area contributed by atoms with Crippen LogP contribution in [0.3, 0.4) is 0 Å². The molecule has 88 valence electrons. The molecule has 1 aromatic carbocycles. The highest BCUT2D eigenvalue weighted by molar-refractivity contribution is 5.44. The minimum Gasteiger partial charge on any atom is -0.493 e. The Morgan fingerprint density at radius 1 is 1.19 bits per heavy atom. The SMILES string of the molecule is COc1cc(C(F)(F)F)ccc1OC1CC1. The number of ether oxygens (including phenoxy) is 2. The molecule has 0 saturated heterocycles. The minimum atomic E-state index is -4.36. The molecule has 0 N–H and O–H groups in total. The second-order valence-electron chi connectivity index (χ2n) is 3.68. The lowest BCUT2D eigenvalue weighted by molar-refractivity contribution is -0.137. The molecule has 0 spiro atoms. The van der Waals surface area contributed by atoms with Crippen LogP contribution < -0.4 is 9.47 Å². The van der Waals surface area contributed by atoms with Crippen molar-refractivity contribution in [3.63, 3.8) is 0 Å². The van der Waals surface area contributed by atoms with Crippen LogP contribution in [0.1, 0.15) is 18.4 Å².